The molecule has 0 aliphatic carbocycles. The van der Waals surface area contributed by atoms with E-state index in [2.05, 4.69) is 27.7 Å². The van der Waals surface area contributed by atoms with E-state index in [1.807, 2.05) is 0 Å². The predicted octanol–water partition coefficient (Wildman–Crippen LogP) is 12.2. The van der Waals surface area contributed by atoms with Crippen LogP contribution >= 0.6 is 7.26 Å². The molecule has 0 heterocycles. The molecule has 0 rings (SSSR count). The molecule has 0 amide bonds. The fourth-order valence-electron chi connectivity index (χ4n) is 5.87. The summed E-state index contributed by atoms with van der Waals surface area (Å²) in [5.74, 6) is 0. The quantitative estimate of drug-likeness (QED) is 0.0764. The molecular weight excluding hydrogens is 415 g/mol. The second kappa shape index (κ2) is 27.0. The van der Waals surface area contributed by atoms with E-state index in [1.54, 1.807) is 50.3 Å². The third kappa shape index (κ3) is 22.6. The topological polar surface area (TPSA) is 0 Å². The third-order valence-electron chi connectivity index (χ3n) is 8.24. The first kappa shape index (κ1) is 33.4. The molecule has 202 valence electrons. The SMILES string of the molecule is CCCCCCCCCCC[PH](CCCCCCC)(CCCCCCC)CCCCCCC. The van der Waals surface area contributed by atoms with Crippen LogP contribution in [-0.4, -0.2) is 24.6 Å². The van der Waals surface area contributed by atoms with Crippen LogP contribution in [0, 0.1) is 0 Å². The van der Waals surface area contributed by atoms with Crippen LogP contribution in [0.3, 0.4) is 0 Å². The Morgan fingerprint density at radius 3 is 0.636 bits per heavy atom. The van der Waals surface area contributed by atoms with Gasteiger partial charge < -0.3 is 0 Å². The van der Waals surface area contributed by atoms with Gasteiger partial charge in [-0.1, -0.05) is 0 Å². The second-order valence-corrected chi connectivity index (χ2v) is 16.6. The van der Waals surface area contributed by atoms with Crippen molar-refractivity contribution >= 4 is 7.26 Å². The van der Waals surface area contributed by atoms with Crippen LogP contribution in [0.2, 0.25) is 0 Å². The molecule has 0 aromatic carbocycles. The van der Waals surface area contributed by atoms with Crippen LogP contribution in [0.25, 0.3) is 0 Å². The standard InChI is InChI=1S/C32H69P/c1-5-9-13-17-18-19-20-24-28-32-33(29-25-21-14-10-6-2,30-26-22-15-11-7-3)31-27-23-16-12-8-4/h33H,5-32H2,1-4H3. The van der Waals surface area contributed by atoms with E-state index in [0.717, 1.165) is 0 Å². The average molecular weight is 485 g/mol. The molecule has 0 saturated carbocycles. The maximum absolute atomic E-state index is 2.36. The Balaban J connectivity index is 4.62. The van der Waals surface area contributed by atoms with Crippen molar-refractivity contribution in [3.63, 3.8) is 0 Å². The minimum absolute atomic E-state index is 1.06. The van der Waals surface area contributed by atoms with Gasteiger partial charge in [0.1, 0.15) is 0 Å². The van der Waals surface area contributed by atoms with Gasteiger partial charge in [0, 0.05) is 0 Å². The van der Waals surface area contributed by atoms with E-state index in [9.17, 15) is 0 Å². The van der Waals surface area contributed by atoms with Crippen molar-refractivity contribution in [3.8, 4) is 0 Å². The van der Waals surface area contributed by atoms with Crippen LogP contribution in [-0.2, 0) is 0 Å². The van der Waals surface area contributed by atoms with E-state index in [0.29, 0.717) is 0 Å². The Hall–Kier alpha value is 0.430. The molecule has 0 atom stereocenters. The zero-order valence-corrected chi connectivity index (χ0v) is 25.3. The molecule has 1 heteroatoms. The molecule has 33 heavy (non-hydrogen) atoms. The molecule has 0 radical (unpaired) electrons. The van der Waals surface area contributed by atoms with Crippen molar-refractivity contribution < 1.29 is 0 Å². The van der Waals surface area contributed by atoms with E-state index < -0.39 is 7.26 Å². The molecule has 0 aromatic rings. The molecule has 0 saturated heterocycles. The van der Waals surface area contributed by atoms with Gasteiger partial charge in [-0.15, -0.1) is 0 Å². The average Bonchev–Trinajstić information content (AvgIpc) is 2.82. The summed E-state index contributed by atoms with van der Waals surface area (Å²) >= 11 is 0. The fraction of sp³-hybridized carbons (Fsp3) is 1.00. The molecule has 0 nitrogen and oxygen atoms in total. The number of hydrogen-bond donors (Lipinski definition) is 0. The van der Waals surface area contributed by atoms with Crippen molar-refractivity contribution in [1.29, 1.82) is 0 Å². The zero-order valence-electron chi connectivity index (χ0n) is 24.3. The molecule has 0 aromatic heterocycles. The van der Waals surface area contributed by atoms with E-state index in [1.165, 1.54) is 128 Å². The minimum atomic E-state index is -1.06. The molecule has 0 aliphatic rings. The van der Waals surface area contributed by atoms with Crippen molar-refractivity contribution in [2.45, 2.75) is 182 Å². The summed E-state index contributed by atoms with van der Waals surface area (Å²) in [5, 5.41) is 0. The van der Waals surface area contributed by atoms with Crippen molar-refractivity contribution in [2.75, 3.05) is 24.6 Å². The van der Waals surface area contributed by atoms with Gasteiger partial charge in [-0.05, 0) is 0 Å². The maximum atomic E-state index is 2.36. The van der Waals surface area contributed by atoms with E-state index >= 15 is 0 Å². The molecule has 0 bridgehead atoms. The number of hydrogen-bond acceptors (Lipinski definition) is 0. The molecule has 0 aliphatic heterocycles. The van der Waals surface area contributed by atoms with Crippen molar-refractivity contribution in [3.05, 3.63) is 0 Å². The summed E-state index contributed by atoms with van der Waals surface area (Å²) in [6, 6.07) is 0. The first-order valence-corrected chi connectivity index (χ1v) is 19.1. The van der Waals surface area contributed by atoms with Crippen LogP contribution in [0.4, 0.5) is 0 Å². The Bertz CT molecular complexity index is 314. The summed E-state index contributed by atoms with van der Waals surface area (Å²) < 4.78 is 0. The van der Waals surface area contributed by atoms with Gasteiger partial charge in [0.2, 0.25) is 0 Å². The summed E-state index contributed by atoms with van der Waals surface area (Å²) in [7, 11) is -1.06. The van der Waals surface area contributed by atoms with Gasteiger partial charge in [0.05, 0.1) is 0 Å². The molecule has 0 N–H and O–H groups in total. The summed E-state index contributed by atoms with van der Waals surface area (Å²) in [6.45, 7) is 9.40. The number of unbranched alkanes of at least 4 members (excludes halogenated alkanes) is 20. The normalized spacial score (nSPS) is 12.5. The monoisotopic (exact) mass is 485 g/mol. The van der Waals surface area contributed by atoms with Crippen molar-refractivity contribution in [2.24, 2.45) is 0 Å². The van der Waals surface area contributed by atoms with Crippen LogP contribution < -0.4 is 0 Å². The Morgan fingerprint density at radius 1 is 0.242 bits per heavy atom. The van der Waals surface area contributed by atoms with Crippen LogP contribution in [0.5, 0.6) is 0 Å². The molecular formula is C32H69P. The molecule has 0 fully saturated rings. The summed E-state index contributed by atoms with van der Waals surface area (Å²) in [5.41, 5.74) is 0. The van der Waals surface area contributed by atoms with Gasteiger partial charge in [-0.25, -0.2) is 0 Å². The second-order valence-electron chi connectivity index (χ2n) is 11.6. The first-order chi connectivity index (χ1) is 16.2. The Morgan fingerprint density at radius 2 is 0.424 bits per heavy atom. The molecule has 0 unspecified atom stereocenters. The first-order valence-electron chi connectivity index (χ1n) is 16.2. The summed E-state index contributed by atoms with van der Waals surface area (Å²) in [4.78, 5) is 0. The number of rotatable bonds is 28. The van der Waals surface area contributed by atoms with Gasteiger partial charge in [0.15, 0.2) is 0 Å². The van der Waals surface area contributed by atoms with Gasteiger partial charge >= 0.3 is 214 Å². The van der Waals surface area contributed by atoms with E-state index in [-0.39, 0.29) is 0 Å². The van der Waals surface area contributed by atoms with Gasteiger partial charge in [-0.3, -0.25) is 0 Å². The van der Waals surface area contributed by atoms with E-state index in [4.69, 9.17) is 0 Å². The third-order valence-corrected chi connectivity index (χ3v) is 13.9. The van der Waals surface area contributed by atoms with Gasteiger partial charge in [-0.2, -0.15) is 0 Å². The summed E-state index contributed by atoms with van der Waals surface area (Å²) in [6.07, 6.45) is 42.4. The Labute approximate surface area is 213 Å². The van der Waals surface area contributed by atoms with Crippen molar-refractivity contribution in [1.82, 2.24) is 0 Å². The predicted molar refractivity (Wildman–Crippen MR) is 161 cm³/mol. The van der Waals surface area contributed by atoms with Crippen LogP contribution in [0.1, 0.15) is 182 Å². The molecule has 0 spiro atoms. The zero-order chi connectivity index (χ0) is 24.3. The van der Waals surface area contributed by atoms with Gasteiger partial charge in [0.25, 0.3) is 0 Å². The van der Waals surface area contributed by atoms with Crippen LogP contribution in [0.15, 0.2) is 0 Å². The fourth-order valence-corrected chi connectivity index (χ4v) is 11.4. The Kier molecular flexibility index (Phi) is 27.4.